The molecule has 1 amide bonds. The normalized spacial score (nSPS) is 13.9. The van der Waals surface area contributed by atoms with Crippen molar-refractivity contribution >= 4 is 11.7 Å². The minimum absolute atomic E-state index is 0.0461. The number of hydrogen-bond donors (Lipinski definition) is 1. The number of benzene rings is 1. The van der Waals surface area contributed by atoms with Crippen molar-refractivity contribution in [3.63, 3.8) is 0 Å². The van der Waals surface area contributed by atoms with Crippen LogP contribution >= 0.6 is 0 Å². The summed E-state index contributed by atoms with van der Waals surface area (Å²) in [5.74, 6) is 1.78. The molecule has 1 N–H and O–H groups in total. The van der Waals surface area contributed by atoms with Crippen molar-refractivity contribution < 1.29 is 4.79 Å². The van der Waals surface area contributed by atoms with Gasteiger partial charge in [-0.1, -0.05) is 30.3 Å². The SMILES string of the molecule is Cc1nn(-c2cc(N3CCCCC3)ncn2)c(C)c1CCC(=O)NCc1ccccc1. The first-order valence-corrected chi connectivity index (χ1v) is 11.0. The lowest BCUT2D eigenvalue weighted by Crippen LogP contribution is -2.30. The number of piperidine rings is 1. The molecule has 0 atom stereocenters. The van der Waals surface area contributed by atoms with Gasteiger partial charge < -0.3 is 10.2 Å². The van der Waals surface area contributed by atoms with E-state index in [9.17, 15) is 4.79 Å². The number of aryl methyl sites for hydroxylation is 1. The van der Waals surface area contributed by atoms with Gasteiger partial charge in [0.15, 0.2) is 5.82 Å². The maximum atomic E-state index is 12.3. The Labute approximate surface area is 183 Å². The Kier molecular flexibility index (Phi) is 6.60. The Hall–Kier alpha value is -3.22. The van der Waals surface area contributed by atoms with Crippen molar-refractivity contribution in [3.05, 3.63) is 65.2 Å². The summed E-state index contributed by atoms with van der Waals surface area (Å²) in [6.45, 7) is 6.66. The van der Waals surface area contributed by atoms with Gasteiger partial charge >= 0.3 is 0 Å². The van der Waals surface area contributed by atoms with E-state index in [0.717, 1.165) is 47.2 Å². The molecule has 0 radical (unpaired) electrons. The fourth-order valence-electron chi connectivity index (χ4n) is 4.13. The van der Waals surface area contributed by atoms with Crippen molar-refractivity contribution in [3.8, 4) is 5.82 Å². The predicted octanol–water partition coefficient (Wildman–Crippen LogP) is 3.52. The summed E-state index contributed by atoms with van der Waals surface area (Å²) in [7, 11) is 0. The summed E-state index contributed by atoms with van der Waals surface area (Å²) in [4.78, 5) is 23.6. The third-order valence-corrected chi connectivity index (χ3v) is 5.91. The maximum absolute atomic E-state index is 12.3. The Morgan fingerprint density at radius 1 is 1.03 bits per heavy atom. The zero-order valence-electron chi connectivity index (χ0n) is 18.3. The third-order valence-electron chi connectivity index (χ3n) is 5.91. The number of hydrogen-bond acceptors (Lipinski definition) is 5. The molecule has 0 bridgehead atoms. The van der Waals surface area contributed by atoms with Crippen LogP contribution < -0.4 is 10.2 Å². The van der Waals surface area contributed by atoms with E-state index in [0.29, 0.717) is 19.4 Å². The van der Waals surface area contributed by atoms with Crippen LogP contribution in [0, 0.1) is 13.8 Å². The first kappa shape index (κ1) is 21.0. The Morgan fingerprint density at radius 2 is 1.77 bits per heavy atom. The summed E-state index contributed by atoms with van der Waals surface area (Å²) in [6.07, 6.45) is 6.40. The molecule has 2 aromatic heterocycles. The molecule has 0 spiro atoms. The van der Waals surface area contributed by atoms with Crippen LogP contribution in [0.4, 0.5) is 5.82 Å². The van der Waals surface area contributed by atoms with Crippen LogP contribution in [0.5, 0.6) is 0 Å². The molecule has 162 valence electrons. The largest absolute Gasteiger partial charge is 0.356 e. The van der Waals surface area contributed by atoms with Crippen LogP contribution in [-0.4, -0.2) is 38.7 Å². The second-order valence-electron chi connectivity index (χ2n) is 8.11. The van der Waals surface area contributed by atoms with E-state index < -0.39 is 0 Å². The van der Waals surface area contributed by atoms with E-state index in [-0.39, 0.29) is 5.91 Å². The topological polar surface area (TPSA) is 75.9 Å². The van der Waals surface area contributed by atoms with Gasteiger partial charge in [-0.3, -0.25) is 4.79 Å². The van der Waals surface area contributed by atoms with Gasteiger partial charge in [-0.15, -0.1) is 0 Å². The standard InChI is InChI=1S/C24H30N6O/c1-18-21(11-12-24(31)25-16-20-9-5-3-6-10-20)19(2)30(28-18)23-15-22(26-17-27-23)29-13-7-4-8-14-29/h3,5-6,9-10,15,17H,4,7-8,11-14,16H2,1-2H3,(H,25,31). The van der Waals surface area contributed by atoms with Crippen molar-refractivity contribution in [2.75, 3.05) is 18.0 Å². The summed E-state index contributed by atoms with van der Waals surface area (Å²) in [6, 6.07) is 12.0. The van der Waals surface area contributed by atoms with Gasteiger partial charge in [0.05, 0.1) is 5.69 Å². The second-order valence-corrected chi connectivity index (χ2v) is 8.11. The number of rotatable bonds is 7. The molecule has 1 aliphatic rings. The van der Waals surface area contributed by atoms with Gasteiger partial charge in [-0.2, -0.15) is 5.10 Å². The first-order valence-electron chi connectivity index (χ1n) is 11.0. The lowest BCUT2D eigenvalue weighted by atomic mass is 10.1. The van der Waals surface area contributed by atoms with Crippen molar-refractivity contribution in [1.29, 1.82) is 0 Å². The highest BCUT2D eigenvalue weighted by molar-refractivity contribution is 5.76. The highest BCUT2D eigenvalue weighted by Gasteiger charge is 2.17. The third kappa shape index (κ3) is 5.10. The first-order chi connectivity index (χ1) is 15.1. The summed E-state index contributed by atoms with van der Waals surface area (Å²) in [5.41, 5.74) is 4.17. The molecule has 0 aliphatic carbocycles. The van der Waals surface area contributed by atoms with Gasteiger partial charge in [0.1, 0.15) is 12.1 Å². The number of carbonyl (C=O) groups is 1. The van der Waals surface area contributed by atoms with Crippen molar-refractivity contribution in [1.82, 2.24) is 25.1 Å². The summed E-state index contributed by atoms with van der Waals surface area (Å²) in [5, 5.41) is 7.71. The van der Waals surface area contributed by atoms with Gasteiger partial charge in [0.2, 0.25) is 5.91 Å². The molecule has 1 aliphatic heterocycles. The lowest BCUT2D eigenvalue weighted by molar-refractivity contribution is -0.121. The monoisotopic (exact) mass is 418 g/mol. The second kappa shape index (κ2) is 9.73. The van der Waals surface area contributed by atoms with Crippen LogP contribution in [0.3, 0.4) is 0 Å². The van der Waals surface area contributed by atoms with Crippen LogP contribution in [0.1, 0.15) is 48.2 Å². The average molecular weight is 419 g/mol. The van der Waals surface area contributed by atoms with E-state index >= 15 is 0 Å². The van der Waals surface area contributed by atoms with E-state index in [4.69, 9.17) is 5.10 Å². The molecular formula is C24H30N6O. The molecule has 1 aromatic carbocycles. The fraction of sp³-hybridized carbons (Fsp3) is 0.417. The highest BCUT2D eigenvalue weighted by Crippen LogP contribution is 2.22. The van der Waals surface area contributed by atoms with E-state index in [1.807, 2.05) is 54.9 Å². The number of amides is 1. The molecule has 7 heteroatoms. The Bertz CT molecular complexity index is 1020. The molecule has 3 aromatic rings. The molecule has 0 unspecified atom stereocenters. The highest BCUT2D eigenvalue weighted by atomic mass is 16.1. The van der Waals surface area contributed by atoms with Gasteiger partial charge in [0.25, 0.3) is 0 Å². The predicted molar refractivity (Wildman–Crippen MR) is 121 cm³/mol. The lowest BCUT2D eigenvalue weighted by Gasteiger charge is -2.27. The summed E-state index contributed by atoms with van der Waals surface area (Å²) >= 11 is 0. The molecule has 0 saturated carbocycles. The van der Waals surface area contributed by atoms with E-state index in [2.05, 4.69) is 20.2 Å². The number of carbonyl (C=O) groups excluding carboxylic acids is 1. The molecular weight excluding hydrogens is 388 g/mol. The molecule has 3 heterocycles. The minimum atomic E-state index is 0.0461. The average Bonchev–Trinajstić information content (AvgIpc) is 3.11. The molecule has 1 fully saturated rings. The number of aromatic nitrogens is 4. The Balaban J connectivity index is 1.42. The van der Waals surface area contributed by atoms with Crippen LogP contribution in [-0.2, 0) is 17.8 Å². The van der Waals surface area contributed by atoms with Crippen molar-refractivity contribution in [2.24, 2.45) is 0 Å². The fourth-order valence-corrected chi connectivity index (χ4v) is 4.13. The Morgan fingerprint density at radius 3 is 2.55 bits per heavy atom. The van der Waals surface area contributed by atoms with Gasteiger partial charge in [-0.25, -0.2) is 14.6 Å². The molecule has 31 heavy (non-hydrogen) atoms. The smallest absolute Gasteiger partial charge is 0.220 e. The zero-order chi connectivity index (χ0) is 21.6. The molecule has 7 nitrogen and oxygen atoms in total. The summed E-state index contributed by atoms with van der Waals surface area (Å²) < 4.78 is 1.88. The number of nitrogens with one attached hydrogen (secondary N) is 1. The maximum Gasteiger partial charge on any atom is 0.220 e. The number of nitrogens with zero attached hydrogens (tertiary/aromatic N) is 5. The molecule has 1 saturated heterocycles. The van der Waals surface area contributed by atoms with E-state index in [1.54, 1.807) is 6.33 Å². The van der Waals surface area contributed by atoms with Crippen LogP contribution in [0.15, 0.2) is 42.7 Å². The number of anilines is 1. The van der Waals surface area contributed by atoms with Crippen LogP contribution in [0.2, 0.25) is 0 Å². The molecule has 4 rings (SSSR count). The van der Waals surface area contributed by atoms with E-state index in [1.165, 1.54) is 19.3 Å². The van der Waals surface area contributed by atoms with Gasteiger partial charge in [0, 0.05) is 37.8 Å². The minimum Gasteiger partial charge on any atom is -0.356 e. The van der Waals surface area contributed by atoms with Crippen LogP contribution in [0.25, 0.3) is 5.82 Å². The van der Waals surface area contributed by atoms with Gasteiger partial charge in [-0.05, 0) is 50.7 Å². The van der Waals surface area contributed by atoms with Crippen molar-refractivity contribution in [2.45, 2.75) is 52.5 Å². The zero-order valence-corrected chi connectivity index (χ0v) is 18.3. The quantitative estimate of drug-likeness (QED) is 0.635.